The lowest BCUT2D eigenvalue weighted by atomic mass is 10.0. The van der Waals surface area contributed by atoms with E-state index in [1.165, 1.54) is 5.56 Å². The molecule has 0 aromatic heterocycles. The van der Waals surface area contributed by atoms with Crippen LogP contribution in [0.5, 0.6) is 5.75 Å². The number of hydrogen-bond donors (Lipinski definition) is 1. The van der Waals surface area contributed by atoms with E-state index in [1.54, 1.807) is 29.0 Å². The van der Waals surface area contributed by atoms with E-state index >= 15 is 0 Å². The third-order valence-electron chi connectivity index (χ3n) is 5.12. The fourth-order valence-corrected chi connectivity index (χ4v) is 3.36. The molecule has 1 saturated heterocycles. The Hall–Kier alpha value is -3.02. The van der Waals surface area contributed by atoms with Gasteiger partial charge in [-0.05, 0) is 23.6 Å². The maximum Gasteiger partial charge on any atom is 0.317 e. The number of para-hydroxylation sites is 1. The lowest BCUT2D eigenvalue weighted by molar-refractivity contribution is 0.0661. The molecule has 0 radical (unpaired) electrons. The van der Waals surface area contributed by atoms with Crippen molar-refractivity contribution in [2.45, 2.75) is 12.8 Å². The maximum absolute atomic E-state index is 12.8. The summed E-state index contributed by atoms with van der Waals surface area (Å²) in [4.78, 5) is 28.8. The second-order valence-electron chi connectivity index (χ2n) is 6.98. The summed E-state index contributed by atoms with van der Waals surface area (Å²) in [5.74, 6) is 0.761. The summed E-state index contributed by atoms with van der Waals surface area (Å²) in [7, 11) is 1.56. The van der Waals surface area contributed by atoms with Gasteiger partial charge in [-0.15, -0.1) is 0 Å². The standard InChI is InChI=1S/C22H27N3O3/c1-17(18-8-4-3-5-9-18)16-23-22(27)25-14-12-24(13-15-25)21(26)19-10-6-7-11-20(19)28-2/h3-11,17H,12-16H2,1-2H3,(H,23,27)/t17-/m1/s1. The highest BCUT2D eigenvalue weighted by Gasteiger charge is 2.26. The molecule has 0 saturated carbocycles. The zero-order valence-corrected chi connectivity index (χ0v) is 16.4. The number of amides is 3. The number of rotatable bonds is 5. The minimum atomic E-state index is -0.0767. The van der Waals surface area contributed by atoms with Crippen LogP contribution >= 0.6 is 0 Å². The quantitative estimate of drug-likeness (QED) is 0.866. The van der Waals surface area contributed by atoms with Gasteiger partial charge in [0.1, 0.15) is 5.75 Å². The molecule has 148 valence electrons. The predicted molar refractivity (Wildman–Crippen MR) is 109 cm³/mol. The number of benzene rings is 2. The highest BCUT2D eigenvalue weighted by Crippen LogP contribution is 2.20. The first kappa shape index (κ1) is 19.7. The molecular formula is C22H27N3O3. The second kappa shape index (κ2) is 9.26. The van der Waals surface area contributed by atoms with E-state index in [1.807, 2.05) is 30.3 Å². The topological polar surface area (TPSA) is 61.9 Å². The van der Waals surface area contributed by atoms with Crippen molar-refractivity contribution in [2.75, 3.05) is 39.8 Å². The first-order valence-electron chi connectivity index (χ1n) is 9.60. The van der Waals surface area contributed by atoms with E-state index in [-0.39, 0.29) is 17.9 Å². The Morgan fingerprint density at radius 3 is 2.25 bits per heavy atom. The lowest BCUT2D eigenvalue weighted by Crippen LogP contribution is -2.53. The molecule has 3 rings (SSSR count). The minimum absolute atomic E-state index is 0.0600. The summed E-state index contributed by atoms with van der Waals surface area (Å²) in [6, 6.07) is 17.3. The molecule has 2 aromatic rings. The monoisotopic (exact) mass is 381 g/mol. The highest BCUT2D eigenvalue weighted by atomic mass is 16.5. The van der Waals surface area contributed by atoms with Gasteiger partial charge in [-0.3, -0.25) is 4.79 Å². The number of nitrogens with zero attached hydrogens (tertiary/aromatic N) is 2. The Bertz CT molecular complexity index is 802. The third kappa shape index (κ3) is 4.63. The molecule has 6 heteroatoms. The van der Waals surface area contributed by atoms with Gasteiger partial charge < -0.3 is 19.9 Å². The van der Waals surface area contributed by atoms with Gasteiger partial charge in [-0.25, -0.2) is 4.79 Å². The van der Waals surface area contributed by atoms with E-state index in [2.05, 4.69) is 24.4 Å². The van der Waals surface area contributed by atoms with Gasteiger partial charge in [0, 0.05) is 32.7 Å². The van der Waals surface area contributed by atoms with E-state index in [9.17, 15) is 9.59 Å². The molecule has 1 aliphatic rings. The Morgan fingerprint density at radius 2 is 1.57 bits per heavy atom. The molecule has 0 unspecified atom stereocenters. The molecule has 0 bridgehead atoms. The molecule has 1 aliphatic heterocycles. The number of nitrogens with one attached hydrogen (secondary N) is 1. The van der Waals surface area contributed by atoms with Crippen molar-refractivity contribution in [1.29, 1.82) is 0 Å². The fraction of sp³-hybridized carbons (Fsp3) is 0.364. The number of piperazine rings is 1. The summed E-state index contributed by atoms with van der Waals surface area (Å²) < 4.78 is 5.29. The van der Waals surface area contributed by atoms with Gasteiger partial charge in [0.05, 0.1) is 12.7 Å². The molecule has 3 amide bonds. The molecule has 0 aliphatic carbocycles. The van der Waals surface area contributed by atoms with Gasteiger partial charge in [0.25, 0.3) is 5.91 Å². The van der Waals surface area contributed by atoms with Gasteiger partial charge in [0.15, 0.2) is 0 Å². The SMILES string of the molecule is COc1ccccc1C(=O)N1CCN(C(=O)NC[C@@H](C)c2ccccc2)CC1. The summed E-state index contributed by atoms with van der Waals surface area (Å²) in [5, 5.41) is 3.01. The van der Waals surface area contributed by atoms with Crippen LogP contribution in [0, 0.1) is 0 Å². The zero-order chi connectivity index (χ0) is 19.9. The minimum Gasteiger partial charge on any atom is -0.496 e. The smallest absolute Gasteiger partial charge is 0.317 e. The average Bonchev–Trinajstić information content (AvgIpc) is 2.77. The Kier molecular flexibility index (Phi) is 6.53. The second-order valence-corrected chi connectivity index (χ2v) is 6.98. The summed E-state index contributed by atoms with van der Waals surface area (Å²) in [6.07, 6.45) is 0. The molecule has 1 heterocycles. The van der Waals surface area contributed by atoms with Gasteiger partial charge in [0.2, 0.25) is 0 Å². The van der Waals surface area contributed by atoms with Crippen molar-refractivity contribution in [3.63, 3.8) is 0 Å². The van der Waals surface area contributed by atoms with E-state index < -0.39 is 0 Å². The number of hydrogen-bond acceptors (Lipinski definition) is 3. The number of ether oxygens (including phenoxy) is 1. The average molecular weight is 381 g/mol. The van der Waals surface area contributed by atoms with E-state index in [0.29, 0.717) is 44.0 Å². The van der Waals surface area contributed by atoms with Crippen LogP contribution in [0.25, 0.3) is 0 Å². The van der Waals surface area contributed by atoms with Crippen LogP contribution in [-0.2, 0) is 0 Å². The van der Waals surface area contributed by atoms with Gasteiger partial charge in [-0.1, -0.05) is 49.4 Å². The first-order valence-corrected chi connectivity index (χ1v) is 9.60. The van der Waals surface area contributed by atoms with Crippen molar-refractivity contribution in [1.82, 2.24) is 15.1 Å². The number of carbonyl (C=O) groups is 2. The molecule has 0 spiro atoms. The maximum atomic E-state index is 12.8. The summed E-state index contributed by atoms with van der Waals surface area (Å²) in [5.41, 5.74) is 1.76. The largest absolute Gasteiger partial charge is 0.496 e. The van der Waals surface area contributed by atoms with Crippen LogP contribution in [0.3, 0.4) is 0 Å². The Labute approximate surface area is 166 Å². The highest BCUT2D eigenvalue weighted by molar-refractivity contribution is 5.97. The number of urea groups is 1. The normalized spacial score (nSPS) is 15.1. The Morgan fingerprint density at radius 1 is 0.964 bits per heavy atom. The summed E-state index contributed by atoms with van der Waals surface area (Å²) >= 11 is 0. The van der Waals surface area contributed by atoms with E-state index in [4.69, 9.17) is 4.74 Å². The van der Waals surface area contributed by atoms with Crippen LogP contribution in [-0.4, -0.2) is 61.6 Å². The van der Waals surface area contributed by atoms with Crippen molar-refractivity contribution >= 4 is 11.9 Å². The van der Waals surface area contributed by atoms with Crippen LogP contribution in [0.4, 0.5) is 4.79 Å². The first-order chi connectivity index (χ1) is 13.6. The molecular weight excluding hydrogens is 354 g/mol. The summed E-state index contributed by atoms with van der Waals surface area (Å²) in [6.45, 7) is 4.75. The molecule has 28 heavy (non-hydrogen) atoms. The van der Waals surface area contributed by atoms with Gasteiger partial charge in [-0.2, -0.15) is 0 Å². The van der Waals surface area contributed by atoms with E-state index in [0.717, 1.165) is 0 Å². The van der Waals surface area contributed by atoms with Crippen LogP contribution in [0.2, 0.25) is 0 Å². The number of carbonyl (C=O) groups excluding carboxylic acids is 2. The van der Waals surface area contributed by atoms with Crippen molar-refractivity contribution in [3.8, 4) is 5.75 Å². The number of methoxy groups -OCH3 is 1. The zero-order valence-electron chi connectivity index (χ0n) is 16.4. The van der Waals surface area contributed by atoms with Crippen molar-refractivity contribution in [3.05, 3.63) is 65.7 Å². The van der Waals surface area contributed by atoms with Crippen LogP contribution in [0.15, 0.2) is 54.6 Å². The molecule has 6 nitrogen and oxygen atoms in total. The third-order valence-corrected chi connectivity index (χ3v) is 5.12. The van der Waals surface area contributed by atoms with Crippen molar-refractivity contribution in [2.24, 2.45) is 0 Å². The predicted octanol–water partition coefficient (Wildman–Crippen LogP) is 2.97. The lowest BCUT2D eigenvalue weighted by Gasteiger charge is -2.35. The van der Waals surface area contributed by atoms with Crippen LogP contribution < -0.4 is 10.1 Å². The van der Waals surface area contributed by atoms with Crippen molar-refractivity contribution < 1.29 is 14.3 Å². The molecule has 1 N–H and O–H groups in total. The molecule has 1 fully saturated rings. The molecule has 1 atom stereocenters. The van der Waals surface area contributed by atoms with Gasteiger partial charge >= 0.3 is 6.03 Å². The Balaban J connectivity index is 1.49. The van der Waals surface area contributed by atoms with Crippen LogP contribution in [0.1, 0.15) is 28.8 Å². The molecule has 2 aromatic carbocycles. The fourth-order valence-electron chi connectivity index (χ4n) is 3.36.